The molecule has 4 aliphatic rings. The second-order valence-corrected chi connectivity index (χ2v) is 29.1. The van der Waals surface area contributed by atoms with Crippen LogP contribution in [0.3, 0.4) is 0 Å². The second-order valence-electron chi connectivity index (χ2n) is 29.1. The van der Waals surface area contributed by atoms with Crippen molar-refractivity contribution >= 4 is 146 Å². The monoisotopic (exact) mass is 1010 g/mol. The van der Waals surface area contributed by atoms with Gasteiger partial charge in [0.15, 0.2) is 7.28 Å². The van der Waals surface area contributed by atoms with Crippen LogP contribution in [-0.2, 0) is 32.5 Å². The molecule has 0 N–H and O–H groups in total. The predicted octanol–water partition coefficient (Wildman–Crippen LogP) is 10.8. The van der Waals surface area contributed by atoms with Gasteiger partial charge in [-0.2, -0.15) is 0 Å². The molecule has 2 bridgehead atoms. The van der Waals surface area contributed by atoms with Crippen molar-refractivity contribution in [3.63, 3.8) is 0 Å². The van der Waals surface area contributed by atoms with Gasteiger partial charge in [0.05, 0.1) is 5.69 Å². The van der Waals surface area contributed by atoms with E-state index in [1.807, 2.05) is 0 Å². The molecule has 0 unspecified atom stereocenters. The van der Waals surface area contributed by atoms with Crippen LogP contribution in [0.5, 0.6) is 0 Å². The molecule has 1 aliphatic carbocycles. The van der Waals surface area contributed by atoms with Crippen LogP contribution in [0.15, 0.2) is 91.0 Å². The van der Waals surface area contributed by atoms with Gasteiger partial charge < -0.3 is 14.7 Å². The third kappa shape index (κ3) is 8.42. The SMILES string of the molecule is [B]c1c([B])c([B])c2c(c1[B])[B]c1cc(C(C)(C)C)cc(C)c1N1c3cc(ccc3B3c4cc5c(cc4N(c4c(C)cc(C(C)(C)C)cc4C)c4cc(C(C)(C)C)cc1c43)C(C)(C)CCC5(C)C)N2c1ccc(C(C)(C)C)cc1. The maximum Gasteiger partial charge on any atom is 0.252 e. The van der Waals surface area contributed by atoms with E-state index < -0.39 is 0 Å². The summed E-state index contributed by atoms with van der Waals surface area (Å²) in [4.78, 5) is 7.56. The highest BCUT2D eigenvalue weighted by molar-refractivity contribution is 7.00. The fourth-order valence-electron chi connectivity index (χ4n) is 13.4. The normalized spacial score (nSPS) is 16.2. The van der Waals surface area contributed by atoms with Crippen molar-refractivity contribution in [1.82, 2.24) is 0 Å². The average Bonchev–Trinajstić information content (AvgIpc) is 2.78. The fourth-order valence-corrected chi connectivity index (χ4v) is 13.4. The standard InChI is InChI=1S/C69H76B6N3/c1-37-28-41(65(7,8)9)29-38(2)61(37)77-52-36-47-46(68(16,17)26-27-69(47,18)19)35-50(52)75-49-25-24-45-34-51(49)78(54-33-43(67(13,14)15)32-53(77)60(54)75)62-39(3)30-42(66(10,11)12)31-48(62)74-59-57(72)55(70)56(71)58(73)63(59)76(45)44-22-20-40(21-23-44)64(4,5)6/h20-25,28-36H,26-27H2,1-19H3. The van der Waals surface area contributed by atoms with Gasteiger partial charge in [-0.05, 0) is 175 Å². The van der Waals surface area contributed by atoms with Gasteiger partial charge in [0, 0.05) is 45.5 Å². The molecule has 0 atom stereocenters. The maximum absolute atomic E-state index is 7.37. The van der Waals surface area contributed by atoms with Crippen molar-refractivity contribution in [2.45, 2.75) is 177 Å². The molecule has 9 radical (unpaired) electrons. The van der Waals surface area contributed by atoms with Crippen molar-refractivity contribution in [3.8, 4) is 0 Å². The van der Waals surface area contributed by atoms with E-state index in [1.165, 1.54) is 83.6 Å². The second kappa shape index (κ2) is 17.7. The molecule has 3 nitrogen and oxygen atoms in total. The molecule has 7 aromatic carbocycles. The third-order valence-corrected chi connectivity index (χ3v) is 18.3. The highest BCUT2D eigenvalue weighted by atomic mass is 15.2. The highest BCUT2D eigenvalue weighted by Crippen LogP contribution is 2.53. The van der Waals surface area contributed by atoms with Crippen molar-refractivity contribution in [1.29, 1.82) is 0 Å². The van der Waals surface area contributed by atoms with Crippen LogP contribution >= 0.6 is 0 Å². The molecule has 0 aromatic heterocycles. The van der Waals surface area contributed by atoms with Crippen molar-refractivity contribution < 1.29 is 0 Å². The summed E-state index contributed by atoms with van der Waals surface area (Å²) in [6.45, 7) is 44.4. The van der Waals surface area contributed by atoms with E-state index in [0.717, 1.165) is 52.1 Å². The van der Waals surface area contributed by atoms with Crippen LogP contribution in [0.2, 0.25) is 0 Å². The van der Waals surface area contributed by atoms with E-state index in [-0.39, 0.29) is 50.1 Å². The van der Waals surface area contributed by atoms with E-state index in [4.69, 9.17) is 31.4 Å². The maximum atomic E-state index is 7.37. The first kappa shape index (κ1) is 54.3. The Morgan fingerprint density at radius 1 is 0.423 bits per heavy atom. The van der Waals surface area contributed by atoms with E-state index in [0.29, 0.717) is 16.6 Å². The topological polar surface area (TPSA) is 9.72 Å². The molecule has 3 aliphatic heterocycles. The number of anilines is 9. The summed E-state index contributed by atoms with van der Waals surface area (Å²) in [5, 5.41) is 0. The minimum absolute atomic E-state index is 0.0118. The zero-order valence-corrected chi connectivity index (χ0v) is 50.4. The Hall–Kier alpha value is -5.67. The summed E-state index contributed by atoms with van der Waals surface area (Å²) in [5.41, 5.74) is 27.8. The van der Waals surface area contributed by atoms with Crippen molar-refractivity contribution in [2.75, 3.05) is 14.7 Å². The summed E-state index contributed by atoms with van der Waals surface area (Å²) in [6, 6.07) is 36.0. The number of hydrogen-bond acceptors (Lipinski definition) is 3. The first-order chi connectivity index (χ1) is 36.1. The largest absolute Gasteiger partial charge is 0.312 e. The third-order valence-electron chi connectivity index (χ3n) is 18.3. The number of benzene rings is 7. The smallest absolute Gasteiger partial charge is 0.252 e. The minimum Gasteiger partial charge on any atom is -0.312 e. The Labute approximate surface area is 475 Å². The van der Waals surface area contributed by atoms with Crippen molar-refractivity contribution in [3.05, 3.63) is 141 Å². The van der Waals surface area contributed by atoms with Crippen LogP contribution in [0.25, 0.3) is 0 Å². The fraction of sp³-hybridized carbons (Fsp3) is 0.391. The lowest BCUT2D eigenvalue weighted by atomic mass is 9.33. The molecular weight excluding hydrogens is 936 g/mol. The molecule has 11 rings (SSSR count). The molecule has 0 saturated carbocycles. The quantitative estimate of drug-likeness (QED) is 0.160. The van der Waals surface area contributed by atoms with E-state index in [9.17, 15) is 0 Å². The summed E-state index contributed by atoms with van der Waals surface area (Å²) in [6.07, 6.45) is 2.25. The Morgan fingerprint density at radius 2 is 0.872 bits per heavy atom. The van der Waals surface area contributed by atoms with Gasteiger partial charge in [0.1, 0.15) is 31.4 Å². The zero-order valence-electron chi connectivity index (χ0n) is 50.4. The molecule has 0 spiro atoms. The number of hydrogen-bond donors (Lipinski definition) is 0. The lowest BCUT2D eigenvalue weighted by molar-refractivity contribution is 0.332. The van der Waals surface area contributed by atoms with Gasteiger partial charge in [-0.15, -0.1) is 16.4 Å². The van der Waals surface area contributed by atoms with Crippen molar-refractivity contribution in [2.24, 2.45) is 0 Å². The zero-order chi connectivity index (χ0) is 56.6. The Morgan fingerprint density at radius 3 is 1.41 bits per heavy atom. The molecule has 0 fully saturated rings. The lowest BCUT2D eigenvalue weighted by Crippen LogP contribution is -2.62. The first-order valence-electron chi connectivity index (χ1n) is 28.5. The number of nitrogens with zero attached hydrogens (tertiary/aromatic N) is 3. The van der Waals surface area contributed by atoms with Crippen LogP contribution < -0.4 is 63.9 Å². The molecule has 385 valence electrons. The minimum atomic E-state index is -0.216. The average molecular weight is 1010 g/mol. The molecule has 0 amide bonds. The molecule has 78 heavy (non-hydrogen) atoms. The highest BCUT2D eigenvalue weighted by Gasteiger charge is 2.48. The van der Waals surface area contributed by atoms with Crippen LogP contribution in [0, 0.1) is 20.8 Å². The predicted molar refractivity (Wildman–Crippen MR) is 346 cm³/mol. The Balaban J connectivity index is 1.33. The van der Waals surface area contributed by atoms with Gasteiger partial charge in [-0.25, -0.2) is 0 Å². The van der Waals surface area contributed by atoms with E-state index in [1.54, 1.807) is 0 Å². The van der Waals surface area contributed by atoms with Gasteiger partial charge in [-0.1, -0.05) is 176 Å². The molecule has 7 aromatic rings. The molecule has 9 heteroatoms. The van der Waals surface area contributed by atoms with Gasteiger partial charge in [0.2, 0.25) is 0 Å². The first-order valence-corrected chi connectivity index (χ1v) is 28.5. The molecule has 3 heterocycles. The van der Waals surface area contributed by atoms with Crippen LogP contribution in [0.4, 0.5) is 51.2 Å². The van der Waals surface area contributed by atoms with Gasteiger partial charge >= 0.3 is 0 Å². The molecular formula is C69H76B6N3. The Kier molecular flexibility index (Phi) is 12.3. The summed E-state index contributed by atoms with van der Waals surface area (Å²) in [7, 11) is 30.8. The van der Waals surface area contributed by atoms with Gasteiger partial charge in [-0.3, -0.25) is 0 Å². The number of fused-ring (bicyclic) bond motifs is 9. The summed E-state index contributed by atoms with van der Waals surface area (Å²) in [5.74, 6) is 0. The Bertz CT molecular complexity index is 3660. The number of aryl methyl sites for hydroxylation is 3. The lowest BCUT2D eigenvalue weighted by Gasteiger charge is -2.49. The summed E-state index contributed by atoms with van der Waals surface area (Å²) < 4.78 is 0. The number of rotatable bonds is 2. The van der Waals surface area contributed by atoms with E-state index >= 15 is 0 Å². The van der Waals surface area contributed by atoms with E-state index in [2.05, 4.69) is 245 Å². The molecule has 0 saturated heterocycles. The summed E-state index contributed by atoms with van der Waals surface area (Å²) >= 11 is 0. The van der Waals surface area contributed by atoms with Gasteiger partial charge in [0.25, 0.3) is 6.71 Å². The van der Waals surface area contributed by atoms with Crippen LogP contribution in [-0.4, -0.2) is 45.4 Å². The van der Waals surface area contributed by atoms with Crippen LogP contribution in [0.1, 0.15) is 174 Å².